The fraction of sp³-hybridized carbons (Fsp3) is 0.368. The average molecular weight is 788 g/mol. The number of halogens is 3. The lowest BCUT2D eigenvalue weighted by Crippen LogP contribution is -2.43. The molecule has 2 amide bonds. The predicted molar refractivity (Wildman–Crippen MR) is 205 cm³/mol. The number of hydrogen-bond acceptors (Lipinski definition) is 8. The second kappa shape index (κ2) is 17.7. The van der Waals surface area contributed by atoms with E-state index >= 15 is 4.39 Å². The van der Waals surface area contributed by atoms with Crippen LogP contribution in [-0.4, -0.2) is 98.6 Å². The van der Waals surface area contributed by atoms with Crippen molar-refractivity contribution in [3.63, 3.8) is 0 Å². The molecule has 5 rings (SSSR count). The van der Waals surface area contributed by atoms with E-state index in [9.17, 15) is 14.4 Å². The molecule has 1 aliphatic rings. The van der Waals surface area contributed by atoms with Crippen LogP contribution in [0.5, 0.6) is 5.75 Å². The van der Waals surface area contributed by atoms with Crippen LogP contribution >= 0.6 is 35.0 Å². The van der Waals surface area contributed by atoms with Crippen molar-refractivity contribution in [3.8, 4) is 16.9 Å². The minimum Gasteiger partial charge on any atom is -0.490 e. The highest BCUT2D eigenvalue weighted by Gasteiger charge is 2.28. The molecule has 0 saturated carbocycles. The van der Waals surface area contributed by atoms with E-state index in [0.29, 0.717) is 46.1 Å². The summed E-state index contributed by atoms with van der Waals surface area (Å²) in [6.45, 7) is 3.36. The molecule has 0 radical (unpaired) electrons. The van der Waals surface area contributed by atoms with Gasteiger partial charge in [0.2, 0.25) is 0 Å². The molecule has 282 valence electrons. The Morgan fingerprint density at radius 3 is 2.58 bits per heavy atom. The number of ether oxygens (including phenoxy) is 3. The van der Waals surface area contributed by atoms with Crippen molar-refractivity contribution in [2.24, 2.45) is 0 Å². The van der Waals surface area contributed by atoms with Crippen molar-refractivity contribution in [2.45, 2.75) is 37.2 Å². The number of hydrogen-bond donors (Lipinski definition) is 1. The molecular weight excluding hydrogens is 744 g/mol. The number of esters is 1. The molecule has 1 unspecified atom stereocenters. The van der Waals surface area contributed by atoms with Gasteiger partial charge in [0.05, 0.1) is 53.2 Å². The Balaban J connectivity index is 1.24. The van der Waals surface area contributed by atoms with Gasteiger partial charge in [0, 0.05) is 61.3 Å². The summed E-state index contributed by atoms with van der Waals surface area (Å²) in [5.41, 5.74) is 3.29. The molecule has 0 bridgehead atoms. The number of quaternary nitrogens is 1. The lowest BCUT2D eigenvalue weighted by molar-refractivity contribution is -0.870. The quantitative estimate of drug-likeness (QED) is 0.0810. The van der Waals surface area contributed by atoms with E-state index in [4.69, 9.17) is 37.4 Å². The van der Waals surface area contributed by atoms with Gasteiger partial charge in [-0.1, -0.05) is 41.4 Å². The SMILES string of the molecule is COC(=O)C(CCC[N+](C)(C)C)NC(=O)c1cc(F)c(Cn2cc(-c3cccc4c3SCCN4C(=O)OCCOc3cccc(Cl)c3C)cn2)c(Cl)c1. The van der Waals surface area contributed by atoms with Gasteiger partial charge in [0.1, 0.15) is 30.8 Å². The van der Waals surface area contributed by atoms with Gasteiger partial charge < -0.3 is 24.0 Å². The first-order chi connectivity index (χ1) is 25.3. The van der Waals surface area contributed by atoms with Crippen LogP contribution in [0.4, 0.5) is 14.9 Å². The lowest BCUT2D eigenvalue weighted by atomic mass is 10.1. The molecule has 11 nitrogen and oxygen atoms in total. The van der Waals surface area contributed by atoms with Gasteiger partial charge in [0.15, 0.2) is 0 Å². The van der Waals surface area contributed by atoms with Crippen molar-refractivity contribution in [1.82, 2.24) is 15.1 Å². The number of nitrogens with one attached hydrogen (secondary N) is 1. The summed E-state index contributed by atoms with van der Waals surface area (Å²) in [6, 6.07) is 12.7. The molecule has 0 fully saturated rings. The van der Waals surface area contributed by atoms with Gasteiger partial charge in [-0.15, -0.1) is 11.8 Å². The zero-order valence-corrected chi connectivity index (χ0v) is 32.6. The smallest absolute Gasteiger partial charge is 0.414 e. The van der Waals surface area contributed by atoms with Gasteiger partial charge in [-0.3, -0.25) is 14.4 Å². The summed E-state index contributed by atoms with van der Waals surface area (Å²) < 4.78 is 34.0. The largest absolute Gasteiger partial charge is 0.490 e. The van der Waals surface area contributed by atoms with Crippen LogP contribution < -0.4 is 15.0 Å². The molecule has 0 aliphatic carbocycles. The number of methoxy groups -OCH3 is 1. The normalized spacial score (nSPS) is 13.2. The number of anilines is 1. The molecule has 1 N–H and O–H groups in total. The number of benzene rings is 3. The summed E-state index contributed by atoms with van der Waals surface area (Å²) >= 11 is 14.3. The van der Waals surface area contributed by atoms with E-state index in [0.717, 1.165) is 34.2 Å². The number of thioether (sulfide) groups is 1. The standard InChI is InChI=1S/C38H42Cl2FN5O6S/c1-24-29(39)10-7-13-34(24)51-16-17-52-38(49)45-14-18-53-35-27(9-6-12-33(35)45)26-21-42-44(22-26)23-28-30(40)19-25(20-31(28)41)36(47)43-32(37(48)50-5)11-8-15-46(2,3)4/h6-7,9-10,12-13,19-22,32H,8,11,14-18,23H2,1-5H3/p+1. The van der Waals surface area contributed by atoms with E-state index in [1.165, 1.54) is 13.2 Å². The monoisotopic (exact) mass is 786 g/mol. The van der Waals surface area contributed by atoms with Gasteiger partial charge in [0.25, 0.3) is 5.91 Å². The lowest BCUT2D eigenvalue weighted by Gasteiger charge is -2.29. The molecule has 2 heterocycles. The Kier molecular flexibility index (Phi) is 13.3. The molecule has 15 heteroatoms. The summed E-state index contributed by atoms with van der Waals surface area (Å²) in [5.74, 6) is -0.605. The predicted octanol–water partition coefficient (Wildman–Crippen LogP) is 7.24. The zero-order chi connectivity index (χ0) is 38.3. The summed E-state index contributed by atoms with van der Waals surface area (Å²) in [7, 11) is 7.37. The van der Waals surface area contributed by atoms with Gasteiger partial charge in [-0.2, -0.15) is 5.10 Å². The van der Waals surface area contributed by atoms with Crippen molar-refractivity contribution < 1.29 is 37.5 Å². The minimum absolute atomic E-state index is 0.000194. The van der Waals surface area contributed by atoms with Crippen LogP contribution in [-0.2, 0) is 20.8 Å². The maximum Gasteiger partial charge on any atom is 0.414 e. The molecule has 0 saturated heterocycles. The molecule has 1 aromatic heterocycles. The Morgan fingerprint density at radius 1 is 1.08 bits per heavy atom. The summed E-state index contributed by atoms with van der Waals surface area (Å²) in [5, 5.41) is 7.76. The van der Waals surface area contributed by atoms with Crippen LogP contribution in [0.25, 0.3) is 11.1 Å². The maximum atomic E-state index is 15.5. The average Bonchev–Trinajstić information content (AvgIpc) is 3.59. The van der Waals surface area contributed by atoms with E-state index in [2.05, 4.69) is 10.4 Å². The maximum absolute atomic E-state index is 15.5. The molecule has 3 aromatic carbocycles. The number of carbonyl (C=O) groups is 3. The first kappa shape index (κ1) is 39.9. The summed E-state index contributed by atoms with van der Waals surface area (Å²) in [6.07, 6.45) is 4.00. The minimum atomic E-state index is -0.882. The van der Waals surface area contributed by atoms with Crippen LogP contribution in [0.2, 0.25) is 10.0 Å². The second-order valence-electron chi connectivity index (χ2n) is 13.5. The van der Waals surface area contributed by atoms with E-state index in [-0.39, 0.29) is 35.9 Å². The van der Waals surface area contributed by atoms with E-state index < -0.39 is 29.8 Å². The highest BCUT2D eigenvalue weighted by molar-refractivity contribution is 7.99. The molecule has 1 aliphatic heterocycles. The van der Waals surface area contributed by atoms with Crippen LogP contribution in [0.15, 0.2) is 65.8 Å². The fourth-order valence-corrected chi connectivity index (χ4v) is 7.39. The third-order valence-corrected chi connectivity index (χ3v) is 10.5. The molecule has 1 atom stereocenters. The van der Waals surface area contributed by atoms with Crippen LogP contribution in [0.1, 0.15) is 34.3 Å². The molecule has 0 spiro atoms. The highest BCUT2D eigenvalue weighted by atomic mass is 35.5. The number of rotatable bonds is 14. The van der Waals surface area contributed by atoms with Crippen molar-refractivity contribution in [3.05, 3.63) is 93.5 Å². The molecule has 4 aromatic rings. The number of fused-ring (bicyclic) bond motifs is 1. The van der Waals surface area contributed by atoms with Crippen molar-refractivity contribution in [2.75, 3.05) is 65.2 Å². The topological polar surface area (TPSA) is 112 Å². The first-order valence-electron chi connectivity index (χ1n) is 17.0. The first-order valence-corrected chi connectivity index (χ1v) is 18.8. The number of amides is 2. The Bertz CT molecular complexity index is 1950. The van der Waals surface area contributed by atoms with Crippen molar-refractivity contribution >= 4 is 58.6 Å². The number of nitrogens with zero attached hydrogens (tertiary/aromatic N) is 4. The van der Waals surface area contributed by atoms with E-state index in [1.807, 2.05) is 52.3 Å². The highest BCUT2D eigenvalue weighted by Crippen LogP contribution is 2.42. The summed E-state index contributed by atoms with van der Waals surface area (Å²) in [4.78, 5) is 41.1. The third-order valence-electron chi connectivity index (χ3n) is 8.63. The Morgan fingerprint density at radius 2 is 1.85 bits per heavy atom. The van der Waals surface area contributed by atoms with Crippen molar-refractivity contribution in [1.29, 1.82) is 0 Å². The molecule has 53 heavy (non-hydrogen) atoms. The van der Waals surface area contributed by atoms with Crippen LogP contribution in [0, 0.1) is 12.7 Å². The van der Waals surface area contributed by atoms with Gasteiger partial charge >= 0.3 is 12.1 Å². The second-order valence-corrected chi connectivity index (χ2v) is 15.4. The number of carbonyl (C=O) groups excluding carboxylic acids is 3. The number of aromatic nitrogens is 2. The Hall–Kier alpha value is -4.30. The Labute approximate surface area is 322 Å². The van der Waals surface area contributed by atoms with E-state index in [1.54, 1.807) is 45.9 Å². The fourth-order valence-electron chi connectivity index (χ4n) is 5.81. The zero-order valence-electron chi connectivity index (χ0n) is 30.3. The van der Waals surface area contributed by atoms with Crippen LogP contribution in [0.3, 0.4) is 0 Å². The third kappa shape index (κ3) is 10.2. The van der Waals surface area contributed by atoms with Gasteiger partial charge in [-0.05, 0) is 50.1 Å². The van der Waals surface area contributed by atoms with Gasteiger partial charge in [-0.25, -0.2) is 14.0 Å². The molecular formula is C38H43Cl2FN5O6S+.